The van der Waals surface area contributed by atoms with Crippen LogP contribution >= 0.6 is 0 Å². The maximum atomic E-state index is 12.0. The van der Waals surface area contributed by atoms with Crippen molar-refractivity contribution in [2.24, 2.45) is 0 Å². The van der Waals surface area contributed by atoms with Gasteiger partial charge in [0.05, 0.1) is 0 Å². The van der Waals surface area contributed by atoms with E-state index in [9.17, 15) is 21.6 Å². The number of hydrogen-bond acceptors (Lipinski definition) is 4. The minimum Gasteiger partial charge on any atom is -0.381 e. The Morgan fingerprint density at radius 3 is 2.73 bits per heavy atom. The predicted molar refractivity (Wildman–Crippen MR) is 46.2 cm³/mol. The summed E-state index contributed by atoms with van der Waals surface area (Å²) >= 11 is 0. The first-order chi connectivity index (χ1) is 7.13. The third-order valence-electron chi connectivity index (χ3n) is 1.70. The zero-order valence-electron chi connectivity index (χ0n) is 8.78. The Hall–Kier alpha value is -0.760. The second-order valence-electron chi connectivity index (χ2n) is 3.01. The molecule has 1 heterocycles. The average Bonchev–Trinajstić information content (AvgIpc) is 2.09. The van der Waals surface area contributed by atoms with Gasteiger partial charge >= 0.3 is 15.6 Å². The molecule has 1 unspecified atom stereocenters. The highest BCUT2D eigenvalue weighted by Gasteiger charge is 2.48. The summed E-state index contributed by atoms with van der Waals surface area (Å²) in [6.45, 7) is 1.68. The van der Waals surface area contributed by atoms with E-state index in [0.717, 1.165) is 5.31 Å². The summed E-state index contributed by atoms with van der Waals surface area (Å²) < 4.78 is 68.5. The van der Waals surface area contributed by atoms with Crippen LogP contribution in [0.15, 0.2) is 11.8 Å². The van der Waals surface area contributed by atoms with Gasteiger partial charge in [0.15, 0.2) is 0 Å². The highest BCUT2D eigenvalue weighted by molar-refractivity contribution is 7.87. The number of nitrogens with one attached hydrogen (secondary N) is 1. The summed E-state index contributed by atoms with van der Waals surface area (Å²) in [6.07, 6.45) is 1.14. The lowest BCUT2D eigenvalue weighted by Crippen LogP contribution is -2.32. The topological polar surface area (TPSA) is 55.4 Å². The lowest BCUT2D eigenvalue weighted by molar-refractivity contribution is -0.0524. The molecule has 0 aromatic rings. The van der Waals surface area contributed by atoms with Gasteiger partial charge in [-0.05, 0) is 13.0 Å². The Morgan fingerprint density at radius 1 is 1.67 bits per heavy atom. The SMILES string of the molecule is [2H]N1CCC(OS(=O)(=O)C(F)(F)F)=CC1C. The van der Waals surface area contributed by atoms with Crippen LogP contribution in [0, 0.1) is 0 Å². The molecule has 4 nitrogen and oxygen atoms in total. The molecule has 1 aliphatic rings. The first-order valence-electron chi connectivity index (χ1n) is 4.55. The summed E-state index contributed by atoms with van der Waals surface area (Å²) in [5.41, 5.74) is -5.42. The monoisotopic (exact) mass is 246 g/mol. The molecule has 15 heavy (non-hydrogen) atoms. The van der Waals surface area contributed by atoms with E-state index in [1.165, 1.54) is 6.08 Å². The van der Waals surface area contributed by atoms with Crippen LogP contribution in [0.1, 0.15) is 13.3 Å². The van der Waals surface area contributed by atoms with Crippen molar-refractivity contribution < 1.29 is 27.2 Å². The minimum atomic E-state index is -5.59. The van der Waals surface area contributed by atoms with Crippen molar-refractivity contribution in [2.45, 2.75) is 24.9 Å². The summed E-state index contributed by atoms with van der Waals surface area (Å²) in [5.74, 6) is -0.270. The molecular weight excluding hydrogens is 235 g/mol. The molecule has 1 atom stereocenters. The van der Waals surface area contributed by atoms with E-state index < -0.39 is 21.7 Å². The minimum absolute atomic E-state index is 0.0385. The average molecular weight is 246 g/mol. The van der Waals surface area contributed by atoms with Crippen LogP contribution in [0.25, 0.3) is 0 Å². The molecule has 0 bridgehead atoms. The van der Waals surface area contributed by atoms with E-state index in [-0.39, 0.29) is 18.7 Å². The normalized spacial score (nSPS) is 25.7. The van der Waals surface area contributed by atoms with Gasteiger partial charge in [-0.15, -0.1) is 0 Å². The smallest absolute Gasteiger partial charge is 0.381 e. The van der Waals surface area contributed by atoms with Gasteiger partial charge in [-0.1, -0.05) is 0 Å². The van der Waals surface area contributed by atoms with Crippen molar-refractivity contribution in [1.82, 2.24) is 5.31 Å². The van der Waals surface area contributed by atoms with Gasteiger partial charge in [-0.2, -0.15) is 21.6 Å². The molecule has 1 aliphatic heterocycles. The first-order valence-corrected chi connectivity index (χ1v) is 5.51. The molecule has 0 saturated heterocycles. The van der Waals surface area contributed by atoms with Crippen molar-refractivity contribution in [1.29, 1.82) is 0 Å². The zero-order chi connectivity index (χ0) is 12.6. The molecular formula is C7H10F3NO3S. The quantitative estimate of drug-likeness (QED) is 0.586. The second kappa shape index (κ2) is 4.01. The standard InChI is InChI=1S/C7H10F3NO3S/c1-5-4-6(2-3-11-5)14-15(12,13)7(8,9)10/h4-5,11H,2-3H2,1H3/i/hD. The molecule has 0 aromatic carbocycles. The van der Waals surface area contributed by atoms with Crippen LogP contribution in [-0.2, 0) is 14.3 Å². The van der Waals surface area contributed by atoms with Gasteiger partial charge in [0, 0.05) is 19.0 Å². The van der Waals surface area contributed by atoms with Gasteiger partial charge in [-0.3, -0.25) is 0 Å². The van der Waals surface area contributed by atoms with Crippen molar-refractivity contribution in [3.63, 3.8) is 0 Å². The lowest BCUT2D eigenvalue weighted by atomic mass is 10.2. The van der Waals surface area contributed by atoms with Crippen LogP contribution in [0.3, 0.4) is 0 Å². The number of hydrogen-bond donors (Lipinski definition) is 1. The Kier molecular flexibility index (Phi) is 2.87. The highest BCUT2D eigenvalue weighted by atomic mass is 32.2. The van der Waals surface area contributed by atoms with E-state index in [4.69, 9.17) is 1.41 Å². The van der Waals surface area contributed by atoms with Crippen LogP contribution in [0.5, 0.6) is 0 Å². The van der Waals surface area contributed by atoms with Gasteiger partial charge in [-0.25, -0.2) is 0 Å². The third kappa shape index (κ3) is 3.10. The van der Waals surface area contributed by atoms with E-state index in [1.807, 2.05) is 0 Å². The summed E-state index contributed by atoms with van der Waals surface area (Å²) in [7, 11) is -5.59. The summed E-state index contributed by atoms with van der Waals surface area (Å²) in [5, 5.41) is 1.12. The number of halogens is 3. The van der Waals surface area contributed by atoms with E-state index in [1.54, 1.807) is 6.92 Å². The Labute approximate surface area is 86.7 Å². The van der Waals surface area contributed by atoms with E-state index in [2.05, 4.69) is 4.18 Å². The molecule has 0 spiro atoms. The van der Waals surface area contributed by atoms with Crippen molar-refractivity contribution in [2.75, 3.05) is 6.54 Å². The predicted octanol–water partition coefficient (Wildman–Crippen LogP) is 1.12. The fourth-order valence-electron chi connectivity index (χ4n) is 1.04. The largest absolute Gasteiger partial charge is 0.534 e. The zero-order valence-corrected chi connectivity index (χ0v) is 8.60. The molecule has 0 amide bonds. The van der Waals surface area contributed by atoms with Gasteiger partial charge in [0.25, 0.3) is 0 Å². The fourth-order valence-corrected chi connectivity index (χ4v) is 1.56. The Morgan fingerprint density at radius 2 is 2.27 bits per heavy atom. The van der Waals surface area contributed by atoms with E-state index in [0.29, 0.717) is 0 Å². The summed E-state index contributed by atoms with van der Waals surface area (Å²) in [6, 6.07) is -0.479. The summed E-state index contributed by atoms with van der Waals surface area (Å²) in [4.78, 5) is 0. The Bertz CT molecular complexity index is 392. The van der Waals surface area contributed by atoms with Gasteiger partial charge in [0.1, 0.15) is 7.17 Å². The van der Waals surface area contributed by atoms with Crippen molar-refractivity contribution >= 4 is 10.1 Å². The molecule has 0 radical (unpaired) electrons. The van der Waals surface area contributed by atoms with Crippen LogP contribution < -0.4 is 5.31 Å². The fraction of sp³-hybridized carbons (Fsp3) is 0.714. The lowest BCUT2D eigenvalue weighted by Gasteiger charge is -2.19. The van der Waals surface area contributed by atoms with Crippen LogP contribution in [-0.4, -0.2) is 26.5 Å². The molecule has 0 fully saturated rings. The van der Waals surface area contributed by atoms with Gasteiger partial charge in [0.2, 0.25) is 0 Å². The maximum Gasteiger partial charge on any atom is 0.534 e. The number of alkyl halides is 3. The van der Waals surface area contributed by atoms with Crippen molar-refractivity contribution in [3.05, 3.63) is 11.8 Å². The molecule has 0 saturated carbocycles. The third-order valence-corrected chi connectivity index (χ3v) is 2.70. The molecule has 0 aliphatic carbocycles. The molecule has 88 valence electrons. The molecule has 0 aromatic heterocycles. The first kappa shape index (κ1) is 10.7. The highest BCUT2D eigenvalue weighted by Crippen LogP contribution is 2.27. The Balaban J connectivity index is 2.81. The molecule has 1 rings (SSSR count). The van der Waals surface area contributed by atoms with Crippen LogP contribution in [0.2, 0.25) is 1.41 Å². The maximum absolute atomic E-state index is 12.0. The van der Waals surface area contributed by atoms with Crippen LogP contribution in [0.4, 0.5) is 13.2 Å². The molecule has 8 heteroatoms. The van der Waals surface area contributed by atoms with E-state index >= 15 is 0 Å². The number of rotatable bonds is 2. The van der Waals surface area contributed by atoms with Gasteiger partial charge < -0.3 is 9.49 Å². The molecule has 1 N–H and O–H groups in total. The van der Waals surface area contributed by atoms with Crippen molar-refractivity contribution in [3.8, 4) is 0 Å². The second-order valence-corrected chi connectivity index (χ2v) is 4.55.